The van der Waals surface area contributed by atoms with Crippen molar-refractivity contribution in [2.75, 3.05) is 5.32 Å². The predicted molar refractivity (Wildman–Crippen MR) is 75.8 cm³/mol. The van der Waals surface area contributed by atoms with Crippen LogP contribution in [-0.4, -0.2) is 9.13 Å². The molecule has 0 saturated heterocycles. The molecule has 2 aromatic heterocycles. The molecule has 0 aliphatic rings. The van der Waals surface area contributed by atoms with E-state index in [0.717, 1.165) is 22.4 Å². The fourth-order valence-corrected chi connectivity index (χ4v) is 2.67. The maximum absolute atomic E-state index is 11.8. The summed E-state index contributed by atoms with van der Waals surface area (Å²) in [6.07, 6.45) is 0. The van der Waals surface area contributed by atoms with E-state index in [1.807, 2.05) is 35.0 Å². The molecule has 0 unspecified atom stereocenters. The zero-order valence-electron chi connectivity index (χ0n) is 10.2. The Kier molecular flexibility index (Phi) is 2.48. The van der Waals surface area contributed by atoms with Gasteiger partial charge in [-0.25, -0.2) is 4.79 Å². The summed E-state index contributed by atoms with van der Waals surface area (Å²) in [5, 5.41) is 7.39. The van der Waals surface area contributed by atoms with Gasteiger partial charge in [0, 0.05) is 30.9 Å². The van der Waals surface area contributed by atoms with Gasteiger partial charge in [0.1, 0.15) is 0 Å². The van der Waals surface area contributed by atoms with Crippen molar-refractivity contribution < 1.29 is 0 Å². The van der Waals surface area contributed by atoms with Gasteiger partial charge in [0.2, 0.25) is 0 Å². The number of thiophene rings is 1. The number of nitrogens with zero attached hydrogens (tertiary/aromatic N) is 2. The molecule has 0 radical (unpaired) electrons. The summed E-state index contributed by atoms with van der Waals surface area (Å²) < 4.78 is 3.32. The van der Waals surface area contributed by atoms with E-state index in [1.54, 1.807) is 34.6 Å². The molecule has 0 aliphatic carbocycles. The van der Waals surface area contributed by atoms with Crippen LogP contribution in [0.25, 0.3) is 11.0 Å². The second-order valence-electron chi connectivity index (χ2n) is 4.24. The summed E-state index contributed by atoms with van der Waals surface area (Å²) in [7, 11) is 3.58. The van der Waals surface area contributed by atoms with E-state index < -0.39 is 0 Å². The first kappa shape index (κ1) is 11.1. The van der Waals surface area contributed by atoms with Gasteiger partial charge in [0.05, 0.1) is 11.0 Å². The Morgan fingerprint density at radius 1 is 1.06 bits per heavy atom. The van der Waals surface area contributed by atoms with E-state index in [0.29, 0.717) is 0 Å². The summed E-state index contributed by atoms with van der Waals surface area (Å²) >= 11 is 1.65. The molecule has 0 aliphatic heterocycles. The number of nitrogens with one attached hydrogen (secondary N) is 1. The zero-order chi connectivity index (χ0) is 12.7. The normalized spacial score (nSPS) is 11.0. The second-order valence-corrected chi connectivity index (χ2v) is 5.02. The molecule has 0 bridgehead atoms. The Balaban J connectivity index is 2.11. The quantitative estimate of drug-likeness (QED) is 0.768. The molecule has 3 aromatic rings. The SMILES string of the molecule is Cn1c(=O)n(C)c2cc(Nc3ccsc3)ccc21. The lowest BCUT2D eigenvalue weighted by atomic mass is 10.2. The molecule has 4 nitrogen and oxygen atoms in total. The standard InChI is InChI=1S/C13H13N3OS/c1-15-11-4-3-9(14-10-5-6-18-8-10)7-12(11)16(2)13(15)17/h3-8,14H,1-2H3. The lowest BCUT2D eigenvalue weighted by Gasteiger charge is -2.04. The third-order valence-corrected chi connectivity index (χ3v) is 3.77. The van der Waals surface area contributed by atoms with Crippen LogP contribution in [0, 0.1) is 0 Å². The smallest absolute Gasteiger partial charge is 0.328 e. The van der Waals surface area contributed by atoms with Gasteiger partial charge in [-0.1, -0.05) is 0 Å². The number of rotatable bonds is 2. The summed E-state index contributed by atoms with van der Waals surface area (Å²) in [6, 6.07) is 7.97. The number of benzene rings is 1. The summed E-state index contributed by atoms with van der Waals surface area (Å²) in [6.45, 7) is 0. The van der Waals surface area contributed by atoms with Crippen molar-refractivity contribution in [1.82, 2.24) is 9.13 Å². The highest BCUT2D eigenvalue weighted by molar-refractivity contribution is 7.08. The molecule has 18 heavy (non-hydrogen) atoms. The molecule has 3 rings (SSSR count). The van der Waals surface area contributed by atoms with Crippen LogP contribution < -0.4 is 11.0 Å². The highest BCUT2D eigenvalue weighted by Crippen LogP contribution is 2.22. The van der Waals surface area contributed by atoms with Crippen LogP contribution in [0.15, 0.2) is 39.8 Å². The van der Waals surface area contributed by atoms with E-state index in [1.165, 1.54) is 0 Å². The number of aromatic nitrogens is 2. The van der Waals surface area contributed by atoms with Crippen molar-refractivity contribution in [3.8, 4) is 0 Å². The van der Waals surface area contributed by atoms with Gasteiger partial charge in [-0.3, -0.25) is 9.13 Å². The fourth-order valence-electron chi connectivity index (χ4n) is 2.09. The maximum Gasteiger partial charge on any atom is 0.328 e. The second kappa shape index (κ2) is 4.03. The minimum Gasteiger partial charge on any atom is -0.355 e. The summed E-state index contributed by atoms with van der Waals surface area (Å²) in [5.74, 6) is 0. The molecular formula is C13H13N3OS. The largest absolute Gasteiger partial charge is 0.355 e. The first-order chi connectivity index (χ1) is 8.66. The molecule has 1 aromatic carbocycles. The molecular weight excluding hydrogens is 246 g/mol. The molecule has 2 heterocycles. The van der Waals surface area contributed by atoms with Crippen LogP contribution in [-0.2, 0) is 14.1 Å². The first-order valence-corrected chi connectivity index (χ1v) is 6.56. The molecule has 0 atom stereocenters. The van der Waals surface area contributed by atoms with Crippen molar-refractivity contribution in [3.05, 3.63) is 45.5 Å². The van der Waals surface area contributed by atoms with Crippen LogP contribution in [0.1, 0.15) is 0 Å². The Morgan fingerprint density at radius 3 is 2.56 bits per heavy atom. The number of aryl methyl sites for hydroxylation is 2. The molecule has 0 amide bonds. The van der Waals surface area contributed by atoms with Crippen LogP contribution in [0.5, 0.6) is 0 Å². The van der Waals surface area contributed by atoms with Gasteiger partial charge in [0.15, 0.2) is 0 Å². The van der Waals surface area contributed by atoms with E-state index in [2.05, 4.69) is 5.32 Å². The van der Waals surface area contributed by atoms with Crippen molar-refractivity contribution in [2.45, 2.75) is 0 Å². The van der Waals surface area contributed by atoms with Gasteiger partial charge in [-0.2, -0.15) is 11.3 Å². The zero-order valence-corrected chi connectivity index (χ0v) is 11.0. The van der Waals surface area contributed by atoms with Crippen LogP contribution in [0.3, 0.4) is 0 Å². The Morgan fingerprint density at radius 2 is 1.83 bits per heavy atom. The monoisotopic (exact) mass is 259 g/mol. The molecule has 0 spiro atoms. The Hall–Kier alpha value is -2.01. The van der Waals surface area contributed by atoms with Crippen LogP contribution >= 0.6 is 11.3 Å². The van der Waals surface area contributed by atoms with Crippen LogP contribution in [0.4, 0.5) is 11.4 Å². The average molecular weight is 259 g/mol. The third kappa shape index (κ3) is 1.64. The van der Waals surface area contributed by atoms with E-state index in [-0.39, 0.29) is 5.69 Å². The third-order valence-electron chi connectivity index (χ3n) is 3.08. The van der Waals surface area contributed by atoms with Crippen molar-refractivity contribution in [1.29, 1.82) is 0 Å². The molecule has 0 fully saturated rings. The topological polar surface area (TPSA) is 39.0 Å². The van der Waals surface area contributed by atoms with E-state index >= 15 is 0 Å². The highest BCUT2D eigenvalue weighted by atomic mass is 32.1. The van der Waals surface area contributed by atoms with Gasteiger partial charge in [0.25, 0.3) is 0 Å². The molecule has 92 valence electrons. The van der Waals surface area contributed by atoms with Crippen LogP contribution in [0.2, 0.25) is 0 Å². The van der Waals surface area contributed by atoms with E-state index in [4.69, 9.17) is 0 Å². The number of hydrogen-bond donors (Lipinski definition) is 1. The minimum absolute atomic E-state index is 0.00215. The maximum atomic E-state index is 11.8. The lowest BCUT2D eigenvalue weighted by Crippen LogP contribution is -2.19. The molecule has 5 heteroatoms. The average Bonchev–Trinajstić information content (AvgIpc) is 2.95. The molecule has 0 saturated carbocycles. The predicted octanol–water partition coefficient (Wildman–Crippen LogP) is 2.68. The number of hydrogen-bond acceptors (Lipinski definition) is 3. The fraction of sp³-hybridized carbons (Fsp3) is 0.154. The van der Waals surface area contributed by atoms with Crippen molar-refractivity contribution in [3.63, 3.8) is 0 Å². The Bertz CT molecular complexity index is 752. The minimum atomic E-state index is -0.00215. The number of imidazole rings is 1. The van der Waals surface area contributed by atoms with Gasteiger partial charge in [-0.05, 0) is 29.6 Å². The van der Waals surface area contributed by atoms with Gasteiger partial charge < -0.3 is 5.32 Å². The van der Waals surface area contributed by atoms with Crippen molar-refractivity contribution in [2.24, 2.45) is 14.1 Å². The first-order valence-electron chi connectivity index (χ1n) is 5.61. The number of fused-ring (bicyclic) bond motifs is 1. The van der Waals surface area contributed by atoms with Crippen molar-refractivity contribution >= 4 is 33.7 Å². The number of anilines is 2. The highest BCUT2D eigenvalue weighted by Gasteiger charge is 2.07. The summed E-state index contributed by atoms with van der Waals surface area (Å²) in [5.41, 5.74) is 3.93. The molecule has 1 N–H and O–H groups in total. The lowest BCUT2D eigenvalue weighted by molar-refractivity contribution is 0.795. The van der Waals surface area contributed by atoms with Gasteiger partial charge >= 0.3 is 5.69 Å². The summed E-state index contributed by atoms with van der Waals surface area (Å²) in [4.78, 5) is 11.8. The Labute approximate surface area is 108 Å². The van der Waals surface area contributed by atoms with Gasteiger partial charge in [-0.15, -0.1) is 0 Å². The van der Waals surface area contributed by atoms with E-state index in [9.17, 15) is 4.79 Å².